The van der Waals surface area contributed by atoms with Gasteiger partial charge in [0.25, 0.3) is 5.91 Å². The topological polar surface area (TPSA) is 36.4 Å². The van der Waals surface area contributed by atoms with Crippen LogP contribution in [0.15, 0.2) is 79.1 Å². The van der Waals surface area contributed by atoms with Crippen molar-refractivity contribution >= 4 is 11.6 Å². The molecule has 148 valence electrons. The molecule has 1 fully saturated rings. The first-order valence-electron chi connectivity index (χ1n) is 10.3. The van der Waals surface area contributed by atoms with Gasteiger partial charge in [-0.05, 0) is 61.2 Å². The lowest BCUT2D eigenvalue weighted by atomic mass is 10.00. The molecule has 1 aliphatic heterocycles. The first kappa shape index (κ1) is 19.3. The molecule has 4 rings (SSSR count). The van der Waals surface area contributed by atoms with Gasteiger partial charge in [0.15, 0.2) is 0 Å². The smallest absolute Gasteiger partial charge is 0.258 e. The van der Waals surface area contributed by atoms with Crippen LogP contribution in [-0.2, 0) is 6.54 Å². The summed E-state index contributed by atoms with van der Waals surface area (Å²) in [5.74, 6) is 0.0851. The lowest BCUT2D eigenvalue weighted by Gasteiger charge is -2.38. The Balaban J connectivity index is 1.52. The molecule has 1 amide bonds. The summed E-state index contributed by atoms with van der Waals surface area (Å²) in [4.78, 5) is 22.1. The molecular weight excluding hydrogens is 358 g/mol. The van der Waals surface area contributed by atoms with E-state index in [-0.39, 0.29) is 11.9 Å². The normalized spacial score (nSPS) is 15.2. The van der Waals surface area contributed by atoms with Gasteiger partial charge in [-0.3, -0.25) is 14.7 Å². The lowest BCUT2D eigenvalue weighted by molar-refractivity contribution is 0.0958. The number of pyridine rings is 1. The number of hydrogen-bond acceptors (Lipinski definition) is 3. The van der Waals surface area contributed by atoms with Crippen LogP contribution < -0.4 is 4.90 Å². The fraction of sp³-hybridized carbons (Fsp3) is 0.280. The summed E-state index contributed by atoms with van der Waals surface area (Å²) in [5, 5.41) is 0. The zero-order chi connectivity index (χ0) is 20.1. The highest BCUT2D eigenvalue weighted by Crippen LogP contribution is 2.27. The molecule has 0 bridgehead atoms. The number of aromatic nitrogens is 1. The van der Waals surface area contributed by atoms with Crippen molar-refractivity contribution in [2.24, 2.45) is 0 Å². The molecule has 1 aliphatic rings. The second-order valence-corrected chi connectivity index (χ2v) is 7.75. The average molecular weight is 386 g/mol. The quantitative estimate of drug-likeness (QED) is 0.639. The van der Waals surface area contributed by atoms with Crippen molar-refractivity contribution in [1.82, 2.24) is 9.88 Å². The van der Waals surface area contributed by atoms with Crippen LogP contribution in [0.5, 0.6) is 0 Å². The standard InChI is InChI=1S/C25H27N3O/c1-20-7-5-11-24(17-20)28(25(29)22-9-3-2-4-10-22)23-12-15-27(16-13-23)19-21-8-6-14-26-18-21/h2-11,14,17-18,23H,12-13,15-16,19H2,1H3. The van der Waals surface area contributed by atoms with Crippen molar-refractivity contribution in [2.75, 3.05) is 18.0 Å². The summed E-state index contributed by atoms with van der Waals surface area (Å²) in [6, 6.07) is 22.2. The molecule has 1 saturated heterocycles. The number of benzene rings is 2. The monoisotopic (exact) mass is 385 g/mol. The summed E-state index contributed by atoms with van der Waals surface area (Å²) in [7, 11) is 0. The predicted molar refractivity (Wildman–Crippen MR) is 117 cm³/mol. The maximum Gasteiger partial charge on any atom is 0.258 e. The zero-order valence-corrected chi connectivity index (χ0v) is 16.9. The van der Waals surface area contributed by atoms with E-state index in [1.54, 1.807) is 0 Å². The van der Waals surface area contributed by atoms with Gasteiger partial charge in [-0.15, -0.1) is 0 Å². The van der Waals surface area contributed by atoms with E-state index in [1.165, 1.54) is 11.1 Å². The molecule has 0 radical (unpaired) electrons. The highest BCUT2D eigenvalue weighted by Gasteiger charge is 2.30. The third-order valence-corrected chi connectivity index (χ3v) is 5.57. The van der Waals surface area contributed by atoms with E-state index in [2.05, 4.69) is 41.1 Å². The van der Waals surface area contributed by atoms with E-state index < -0.39 is 0 Å². The van der Waals surface area contributed by atoms with Crippen LogP contribution in [0.25, 0.3) is 0 Å². The Morgan fingerprint density at radius 3 is 2.52 bits per heavy atom. The van der Waals surface area contributed by atoms with Crippen LogP contribution >= 0.6 is 0 Å². The van der Waals surface area contributed by atoms with Gasteiger partial charge in [0.05, 0.1) is 0 Å². The number of anilines is 1. The summed E-state index contributed by atoms with van der Waals surface area (Å²) >= 11 is 0. The van der Waals surface area contributed by atoms with Gasteiger partial charge in [0, 0.05) is 49.3 Å². The fourth-order valence-corrected chi connectivity index (χ4v) is 4.08. The SMILES string of the molecule is Cc1cccc(N(C(=O)c2ccccc2)C2CCN(Cc3cccnc3)CC2)c1. The Morgan fingerprint density at radius 1 is 1.03 bits per heavy atom. The number of hydrogen-bond donors (Lipinski definition) is 0. The maximum atomic E-state index is 13.4. The second kappa shape index (κ2) is 9.01. The number of amides is 1. The van der Waals surface area contributed by atoms with Crippen LogP contribution in [0.2, 0.25) is 0 Å². The molecule has 0 unspecified atom stereocenters. The van der Waals surface area contributed by atoms with Crippen LogP contribution in [0.3, 0.4) is 0 Å². The van der Waals surface area contributed by atoms with Crippen LogP contribution in [-0.4, -0.2) is 34.9 Å². The molecule has 2 aromatic carbocycles. The number of rotatable bonds is 5. The van der Waals surface area contributed by atoms with Gasteiger partial charge in [-0.1, -0.05) is 36.4 Å². The largest absolute Gasteiger partial charge is 0.305 e. The Bertz CT molecular complexity index is 935. The van der Waals surface area contributed by atoms with Crippen molar-refractivity contribution in [1.29, 1.82) is 0 Å². The van der Waals surface area contributed by atoms with Gasteiger partial charge in [-0.2, -0.15) is 0 Å². The number of likely N-dealkylation sites (tertiary alicyclic amines) is 1. The van der Waals surface area contributed by atoms with Crippen molar-refractivity contribution in [3.63, 3.8) is 0 Å². The minimum absolute atomic E-state index is 0.0851. The molecule has 0 aliphatic carbocycles. The molecule has 29 heavy (non-hydrogen) atoms. The predicted octanol–water partition coefficient (Wildman–Crippen LogP) is 4.70. The first-order chi connectivity index (χ1) is 14.2. The van der Waals surface area contributed by atoms with Crippen LogP contribution in [0.1, 0.15) is 34.3 Å². The number of carbonyl (C=O) groups is 1. The van der Waals surface area contributed by atoms with E-state index in [4.69, 9.17) is 0 Å². The summed E-state index contributed by atoms with van der Waals surface area (Å²) in [5.41, 5.74) is 4.14. The highest BCUT2D eigenvalue weighted by atomic mass is 16.2. The Hall–Kier alpha value is -2.98. The number of piperidine rings is 1. The minimum atomic E-state index is 0.0851. The molecule has 4 heteroatoms. The second-order valence-electron chi connectivity index (χ2n) is 7.75. The Morgan fingerprint density at radius 2 is 1.83 bits per heavy atom. The third-order valence-electron chi connectivity index (χ3n) is 5.57. The van der Waals surface area contributed by atoms with E-state index in [0.717, 1.165) is 43.7 Å². The molecule has 0 atom stereocenters. The molecule has 1 aromatic heterocycles. The minimum Gasteiger partial charge on any atom is -0.305 e. The van der Waals surface area contributed by atoms with Gasteiger partial charge < -0.3 is 4.90 Å². The number of aryl methyl sites for hydroxylation is 1. The molecule has 0 N–H and O–H groups in total. The molecule has 0 saturated carbocycles. The highest BCUT2D eigenvalue weighted by molar-refractivity contribution is 6.06. The van der Waals surface area contributed by atoms with Crippen LogP contribution in [0, 0.1) is 6.92 Å². The molecule has 3 aromatic rings. The third kappa shape index (κ3) is 4.72. The average Bonchev–Trinajstić information content (AvgIpc) is 2.76. The molecular formula is C25H27N3O. The van der Waals surface area contributed by atoms with Crippen LogP contribution in [0.4, 0.5) is 5.69 Å². The number of nitrogens with zero attached hydrogens (tertiary/aromatic N) is 3. The van der Waals surface area contributed by atoms with Gasteiger partial charge >= 0.3 is 0 Å². The summed E-state index contributed by atoms with van der Waals surface area (Å²) in [6.07, 6.45) is 5.67. The van der Waals surface area contributed by atoms with Gasteiger partial charge in [-0.25, -0.2) is 0 Å². The zero-order valence-electron chi connectivity index (χ0n) is 16.9. The van der Waals surface area contributed by atoms with Crippen molar-refractivity contribution < 1.29 is 4.79 Å². The van der Waals surface area contributed by atoms with E-state index in [1.807, 2.05) is 59.8 Å². The fourth-order valence-electron chi connectivity index (χ4n) is 4.08. The Kier molecular flexibility index (Phi) is 6.01. The molecule has 0 spiro atoms. The van der Waals surface area contributed by atoms with Gasteiger partial charge in [0.2, 0.25) is 0 Å². The lowest BCUT2D eigenvalue weighted by Crippen LogP contribution is -2.47. The van der Waals surface area contributed by atoms with E-state index in [0.29, 0.717) is 0 Å². The summed E-state index contributed by atoms with van der Waals surface area (Å²) in [6.45, 7) is 4.94. The van der Waals surface area contributed by atoms with Gasteiger partial charge in [0.1, 0.15) is 0 Å². The van der Waals surface area contributed by atoms with Crippen molar-refractivity contribution in [3.05, 3.63) is 95.8 Å². The first-order valence-corrected chi connectivity index (χ1v) is 10.3. The number of carbonyl (C=O) groups excluding carboxylic acids is 1. The summed E-state index contributed by atoms with van der Waals surface area (Å²) < 4.78 is 0. The molecule has 2 heterocycles. The van der Waals surface area contributed by atoms with Crippen molar-refractivity contribution in [2.45, 2.75) is 32.4 Å². The van der Waals surface area contributed by atoms with Crippen molar-refractivity contribution in [3.8, 4) is 0 Å². The molecule has 4 nitrogen and oxygen atoms in total. The maximum absolute atomic E-state index is 13.4. The van der Waals surface area contributed by atoms with E-state index >= 15 is 0 Å². The van der Waals surface area contributed by atoms with E-state index in [9.17, 15) is 4.79 Å². The Labute approximate surface area is 172 Å².